The van der Waals surface area contributed by atoms with Crippen LogP contribution in [0.3, 0.4) is 0 Å². The highest BCUT2D eigenvalue weighted by Gasteiger charge is 2.26. The Kier molecular flexibility index (Phi) is 5.49. The van der Waals surface area contributed by atoms with Crippen LogP contribution in [-0.2, 0) is 4.74 Å². The summed E-state index contributed by atoms with van der Waals surface area (Å²) in [5.74, 6) is 0.185. The van der Waals surface area contributed by atoms with Crippen LogP contribution in [-0.4, -0.2) is 42.4 Å². The van der Waals surface area contributed by atoms with Crippen LogP contribution in [0.5, 0.6) is 0 Å². The van der Waals surface area contributed by atoms with Crippen LogP contribution in [0.15, 0.2) is 37.0 Å². The zero-order chi connectivity index (χ0) is 12.7. The minimum Gasteiger partial charge on any atom is -0.445 e. The first-order valence-corrected chi connectivity index (χ1v) is 5.67. The summed E-state index contributed by atoms with van der Waals surface area (Å²) in [4.78, 5) is 13.3. The van der Waals surface area contributed by atoms with Gasteiger partial charge in [-0.15, -0.1) is 0 Å². The minimum atomic E-state index is -0.335. The van der Waals surface area contributed by atoms with E-state index in [-0.39, 0.29) is 25.2 Å². The number of amides is 1. The molecule has 0 saturated carbocycles. The number of ether oxygens (including phenoxy) is 1. The van der Waals surface area contributed by atoms with Crippen LogP contribution in [0.4, 0.5) is 4.79 Å². The second-order valence-electron chi connectivity index (χ2n) is 4.02. The van der Waals surface area contributed by atoms with Crippen LogP contribution in [0.1, 0.15) is 6.42 Å². The summed E-state index contributed by atoms with van der Waals surface area (Å²) >= 11 is 0. The molecule has 1 heterocycles. The molecular weight excluding hydrogens is 218 g/mol. The van der Waals surface area contributed by atoms with Crippen molar-refractivity contribution >= 4 is 6.09 Å². The lowest BCUT2D eigenvalue weighted by Crippen LogP contribution is -2.30. The van der Waals surface area contributed by atoms with Gasteiger partial charge in [-0.05, 0) is 12.0 Å². The first kappa shape index (κ1) is 13.5. The molecule has 0 aromatic heterocycles. The van der Waals surface area contributed by atoms with Gasteiger partial charge in [-0.3, -0.25) is 0 Å². The summed E-state index contributed by atoms with van der Waals surface area (Å²) in [5, 5.41) is 8.98. The lowest BCUT2D eigenvalue weighted by molar-refractivity contribution is 0.116. The quantitative estimate of drug-likeness (QED) is 0.741. The van der Waals surface area contributed by atoms with Crippen LogP contribution in [0.2, 0.25) is 0 Å². The fraction of sp³-hybridized carbons (Fsp3) is 0.462. The average molecular weight is 237 g/mol. The van der Waals surface area contributed by atoms with Crippen molar-refractivity contribution in [2.45, 2.75) is 6.42 Å². The molecule has 1 N–H and O–H groups in total. The number of hydrogen-bond acceptors (Lipinski definition) is 3. The number of hydrogen-bond donors (Lipinski definition) is 1. The molecule has 1 atom stereocenters. The van der Waals surface area contributed by atoms with Crippen molar-refractivity contribution in [1.82, 2.24) is 4.90 Å². The Bertz CT molecular complexity index is 323. The fourth-order valence-electron chi connectivity index (χ4n) is 1.71. The number of rotatable bonds is 5. The molecule has 4 heteroatoms. The molecule has 0 spiro atoms. The predicted octanol–water partition coefficient (Wildman–Crippen LogP) is 1.74. The standard InChI is InChI=1S/C13H19NO3/c1-3-5-11(4-2)10-17-13(16)14-7-6-12(8-14)9-15/h3-5,12,15H,1-2,6-10H2/b11-5+. The highest BCUT2D eigenvalue weighted by atomic mass is 16.6. The minimum absolute atomic E-state index is 0.123. The molecule has 0 aromatic carbocycles. The number of likely N-dealkylation sites (tertiary alicyclic amines) is 1. The molecule has 0 aromatic rings. The summed E-state index contributed by atoms with van der Waals surface area (Å²) in [6.45, 7) is 8.75. The Morgan fingerprint density at radius 2 is 2.29 bits per heavy atom. The number of carbonyl (C=O) groups is 1. The van der Waals surface area contributed by atoms with Gasteiger partial charge in [0, 0.05) is 25.6 Å². The summed E-state index contributed by atoms with van der Waals surface area (Å²) in [7, 11) is 0. The first-order valence-electron chi connectivity index (χ1n) is 5.67. The van der Waals surface area contributed by atoms with E-state index >= 15 is 0 Å². The number of carbonyl (C=O) groups excluding carboxylic acids is 1. The molecule has 0 aliphatic carbocycles. The van der Waals surface area contributed by atoms with Crippen LogP contribution < -0.4 is 0 Å². The Hall–Kier alpha value is -1.55. The van der Waals surface area contributed by atoms with Gasteiger partial charge in [0.05, 0.1) is 0 Å². The molecule has 1 aliphatic rings. The molecule has 1 aliphatic heterocycles. The van der Waals surface area contributed by atoms with Crippen molar-refractivity contribution in [1.29, 1.82) is 0 Å². The first-order chi connectivity index (χ1) is 8.21. The largest absolute Gasteiger partial charge is 0.445 e. The number of nitrogens with zero attached hydrogens (tertiary/aromatic N) is 1. The SMILES string of the molecule is C=C/C=C(\C=C)COC(=O)N1CCC(CO)C1. The molecule has 94 valence electrons. The molecule has 1 rings (SSSR count). The van der Waals surface area contributed by atoms with Gasteiger partial charge in [0.1, 0.15) is 6.61 Å². The maximum atomic E-state index is 11.7. The number of aliphatic hydroxyl groups excluding tert-OH is 1. The van der Waals surface area contributed by atoms with Crippen LogP contribution >= 0.6 is 0 Å². The molecule has 4 nitrogen and oxygen atoms in total. The Morgan fingerprint density at radius 3 is 2.82 bits per heavy atom. The lowest BCUT2D eigenvalue weighted by Gasteiger charge is -2.16. The number of allylic oxidation sites excluding steroid dienone is 2. The zero-order valence-corrected chi connectivity index (χ0v) is 9.97. The van der Waals surface area contributed by atoms with E-state index < -0.39 is 0 Å². The van der Waals surface area contributed by atoms with Crippen molar-refractivity contribution in [3.63, 3.8) is 0 Å². The molecule has 0 radical (unpaired) electrons. The van der Waals surface area contributed by atoms with Crippen LogP contribution in [0.25, 0.3) is 0 Å². The van der Waals surface area contributed by atoms with Gasteiger partial charge in [0.2, 0.25) is 0 Å². The van der Waals surface area contributed by atoms with E-state index in [2.05, 4.69) is 13.2 Å². The third-order valence-electron chi connectivity index (χ3n) is 2.76. The number of aliphatic hydroxyl groups is 1. The van der Waals surface area contributed by atoms with Gasteiger partial charge >= 0.3 is 6.09 Å². The van der Waals surface area contributed by atoms with E-state index in [9.17, 15) is 4.79 Å². The summed E-state index contributed by atoms with van der Waals surface area (Å²) in [5.41, 5.74) is 0.811. The molecule has 1 saturated heterocycles. The van der Waals surface area contributed by atoms with Crippen molar-refractivity contribution in [2.75, 3.05) is 26.3 Å². The van der Waals surface area contributed by atoms with Crippen molar-refractivity contribution in [3.8, 4) is 0 Å². The summed E-state index contributed by atoms with van der Waals surface area (Å²) < 4.78 is 5.14. The van der Waals surface area contributed by atoms with Gasteiger partial charge in [-0.25, -0.2) is 4.79 Å². The Labute approximate surface area is 102 Å². The molecule has 1 fully saturated rings. The maximum absolute atomic E-state index is 11.7. The normalized spacial score (nSPS) is 20.2. The molecule has 17 heavy (non-hydrogen) atoms. The van der Waals surface area contributed by atoms with Gasteiger partial charge in [0.15, 0.2) is 0 Å². The summed E-state index contributed by atoms with van der Waals surface area (Å²) in [6, 6.07) is 0. The van der Waals surface area contributed by atoms with Gasteiger partial charge < -0.3 is 14.7 Å². The maximum Gasteiger partial charge on any atom is 0.410 e. The lowest BCUT2D eigenvalue weighted by atomic mass is 10.1. The topological polar surface area (TPSA) is 49.8 Å². The molecule has 1 unspecified atom stereocenters. The Balaban J connectivity index is 2.37. The highest BCUT2D eigenvalue weighted by Crippen LogP contribution is 2.16. The predicted molar refractivity (Wildman–Crippen MR) is 66.6 cm³/mol. The molecule has 1 amide bonds. The van der Waals surface area contributed by atoms with Gasteiger partial charge in [-0.1, -0.05) is 31.4 Å². The average Bonchev–Trinajstić information content (AvgIpc) is 2.82. The monoisotopic (exact) mass is 237 g/mol. The van der Waals surface area contributed by atoms with Crippen molar-refractivity contribution in [2.24, 2.45) is 5.92 Å². The highest BCUT2D eigenvalue weighted by molar-refractivity contribution is 5.68. The zero-order valence-electron chi connectivity index (χ0n) is 9.97. The van der Waals surface area contributed by atoms with E-state index in [0.717, 1.165) is 12.0 Å². The Morgan fingerprint density at radius 1 is 1.53 bits per heavy atom. The van der Waals surface area contributed by atoms with Crippen molar-refractivity contribution < 1.29 is 14.6 Å². The third-order valence-corrected chi connectivity index (χ3v) is 2.76. The molecule has 0 bridgehead atoms. The second kappa shape index (κ2) is 6.91. The third kappa shape index (κ3) is 4.07. The van der Waals surface area contributed by atoms with E-state index in [1.807, 2.05) is 0 Å². The van der Waals surface area contributed by atoms with E-state index in [1.54, 1.807) is 23.1 Å². The van der Waals surface area contributed by atoms with E-state index in [1.165, 1.54) is 0 Å². The van der Waals surface area contributed by atoms with Crippen molar-refractivity contribution in [3.05, 3.63) is 37.0 Å². The molecular formula is C13H19NO3. The fourth-order valence-corrected chi connectivity index (χ4v) is 1.71. The summed E-state index contributed by atoms with van der Waals surface area (Å²) in [6.07, 6.45) is 5.51. The van der Waals surface area contributed by atoms with E-state index in [4.69, 9.17) is 9.84 Å². The van der Waals surface area contributed by atoms with E-state index in [0.29, 0.717) is 13.1 Å². The second-order valence-corrected chi connectivity index (χ2v) is 4.02. The van der Waals surface area contributed by atoms with Gasteiger partial charge in [0.25, 0.3) is 0 Å². The smallest absolute Gasteiger partial charge is 0.410 e. The van der Waals surface area contributed by atoms with Crippen LogP contribution in [0, 0.1) is 5.92 Å². The van der Waals surface area contributed by atoms with Gasteiger partial charge in [-0.2, -0.15) is 0 Å².